The van der Waals surface area contributed by atoms with Crippen molar-refractivity contribution >= 4 is 23.1 Å². The Morgan fingerprint density at radius 3 is 2.24 bits per heavy atom. The summed E-state index contributed by atoms with van der Waals surface area (Å²) in [5.41, 5.74) is 5.97. The fourth-order valence-electron chi connectivity index (χ4n) is 3.29. The Bertz CT molecular complexity index is 301. The van der Waals surface area contributed by atoms with E-state index in [4.69, 9.17) is 18.0 Å². The molecule has 2 N–H and O–H groups in total. The van der Waals surface area contributed by atoms with Gasteiger partial charge in [-0.2, -0.15) is 0 Å². The van der Waals surface area contributed by atoms with Gasteiger partial charge in [0, 0.05) is 13.1 Å². The van der Waals surface area contributed by atoms with E-state index in [1.165, 1.54) is 44.9 Å². The molecular formula is C13H22N2OS. The van der Waals surface area contributed by atoms with Crippen molar-refractivity contribution in [2.24, 2.45) is 11.1 Å². The van der Waals surface area contributed by atoms with Crippen LogP contribution >= 0.6 is 12.2 Å². The second kappa shape index (κ2) is 5.34. The van der Waals surface area contributed by atoms with E-state index in [2.05, 4.69) is 0 Å². The second-order valence-corrected chi connectivity index (χ2v) is 6.11. The van der Waals surface area contributed by atoms with E-state index < -0.39 is 0 Å². The van der Waals surface area contributed by atoms with E-state index in [0.717, 1.165) is 13.1 Å². The molecule has 2 rings (SSSR count). The van der Waals surface area contributed by atoms with Gasteiger partial charge in [-0.15, -0.1) is 0 Å². The Kier molecular flexibility index (Phi) is 4.02. The van der Waals surface area contributed by atoms with E-state index in [9.17, 15) is 4.79 Å². The zero-order valence-electron chi connectivity index (χ0n) is 10.4. The molecule has 0 unspecified atom stereocenters. The zero-order valence-corrected chi connectivity index (χ0v) is 11.2. The maximum absolute atomic E-state index is 11.8. The van der Waals surface area contributed by atoms with Crippen molar-refractivity contribution in [2.45, 2.75) is 51.4 Å². The Morgan fingerprint density at radius 1 is 1.12 bits per heavy atom. The Hall–Kier alpha value is -0.640. The number of carbonyl (C=O) groups is 1. The quantitative estimate of drug-likeness (QED) is 0.769. The Balaban J connectivity index is 1.84. The van der Waals surface area contributed by atoms with E-state index in [-0.39, 0.29) is 12.3 Å². The van der Waals surface area contributed by atoms with Crippen molar-refractivity contribution < 1.29 is 4.79 Å². The molecule has 4 heteroatoms. The van der Waals surface area contributed by atoms with Crippen molar-refractivity contribution in [1.82, 2.24) is 4.90 Å². The van der Waals surface area contributed by atoms with E-state index in [0.29, 0.717) is 10.4 Å². The molecule has 1 heterocycles. The van der Waals surface area contributed by atoms with Gasteiger partial charge in [-0.05, 0) is 31.1 Å². The lowest BCUT2D eigenvalue weighted by atomic mass is 9.68. The fraction of sp³-hybridized carbons (Fsp3) is 0.846. The summed E-state index contributed by atoms with van der Waals surface area (Å²) < 4.78 is 0. The van der Waals surface area contributed by atoms with Gasteiger partial charge in [0.2, 0.25) is 5.91 Å². The fourth-order valence-corrected chi connectivity index (χ4v) is 3.42. The average Bonchev–Trinajstić information content (AvgIpc) is 2.30. The summed E-state index contributed by atoms with van der Waals surface area (Å²) in [6, 6.07) is 0. The summed E-state index contributed by atoms with van der Waals surface area (Å²) in [5, 5.41) is 0. The zero-order chi connectivity index (χ0) is 12.3. The third-order valence-corrected chi connectivity index (χ3v) is 4.56. The summed E-state index contributed by atoms with van der Waals surface area (Å²) in [6.07, 6.45) is 9.47. The molecule has 0 radical (unpaired) electrons. The molecule has 2 aliphatic rings. The minimum atomic E-state index is 0.114. The normalized spacial score (nSPS) is 23.6. The molecule has 1 saturated carbocycles. The number of hydrogen-bond acceptors (Lipinski definition) is 2. The number of nitrogens with zero attached hydrogens (tertiary/aromatic N) is 1. The molecular weight excluding hydrogens is 232 g/mol. The van der Waals surface area contributed by atoms with Crippen LogP contribution < -0.4 is 5.73 Å². The number of likely N-dealkylation sites (tertiary alicyclic amines) is 1. The van der Waals surface area contributed by atoms with Crippen molar-refractivity contribution in [3.63, 3.8) is 0 Å². The highest BCUT2D eigenvalue weighted by Gasteiger charge is 2.36. The second-order valence-electron chi connectivity index (χ2n) is 5.58. The van der Waals surface area contributed by atoms with Crippen LogP contribution in [0.5, 0.6) is 0 Å². The molecule has 1 amide bonds. The largest absolute Gasteiger partial charge is 0.393 e. The number of nitrogens with two attached hydrogens (primary N) is 1. The highest BCUT2D eigenvalue weighted by molar-refractivity contribution is 7.80. The molecule has 1 saturated heterocycles. The highest BCUT2D eigenvalue weighted by atomic mass is 32.1. The first-order valence-corrected chi connectivity index (χ1v) is 7.08. The standard InChI is InChI=1S/C13H22N2OS/c14-11(17)10-12(16)15-8-6-13(7-9-15)4-2-1-3-5-13/h1-10H2,(H2,14,17). The third kappa shape index (κ3) is 3.18. The molecule has 0 bridgehead atoms. The van der Waals surface area contributed by atoms with Gasteiger partial charge in [0.25, 0.3) is 0 Å². The number of amides is 1. The SMILES string of the molecule is NC(=S)CC(=O)N1CCC2(CCCCC2)CC1. The number of carbonyl (C=O) groups excluding carboxylic acids is 1. The van der Waals surface area contributed by atoms with Crippen LogP contribution in [0.4, 0.5) is 0 Å². The summed E-state index contributed by atoms with van der Waals surface area (Å²) in [4.78, 5) is 14.1. The summed E-state index contributed by atoms with van der Waals surface area (Å²) >= 11 is 4.79. The van der Waals surface area contributed by atoms with Gasteiger partial charge in [0.1, 0.15) is 0 Å². The molecule has 1 aliphatic carbocycles. The van der Waals surface area contributed by atoms with E-state index in [1.54, 1.807) is 0 Å². The van der Waals surface area contributed by atoms with Crippen molar-refractivity contribution in [3.8, 4) is 0 Å². The van der Waals surface area contributed by atoms with Crippen LogP contribution in [0.2, 0.25) is 0 Å². The summed E-state index contributed by atoms with van der Waals surface area (Å²) in [5.74, 6) is 0.114. The lowest BCUT2D eigenvalue weighted by Crippen LogP contribution is -2.44. The number of thiocarbonyl (C=S) groups is 1. The Labute approximate surface area is 109 Å². The average molecular weight is 254 g/mol. The molecule has 0 atom stereocenters. The maximum Gasteiger partial charge on any atom is 0.229 e. The number of rotatable bonds is 2. The molecule has 0 aromatic heterocycles. The van der Waals surface area contributed by atoms with Gasteiger partial charge in [-0.25, -0.2) is 0 Å². The monoisotopic (exact) mass is 254 g/mol. The smallest absolute Gasteiger partial charge is 0.229 e. The van der Waals surface area contributed by atoms with Gasteiger partial charge < -0.3 is 10.6 Å². The van der Waals surface area contributed by atoms with Gasteiger partial charge >= 0.3 is 0 Å². The van der Waals surface area contributed by atoms with Crippen LogP contribution in [0.15, 0.2) is 0 Å². The summed E-state index contributed by atoms with van der Waals surface area (Å²) in [7, 11) is 0. The first kappa shape index (κ1) is 12.8. The lowest BCUT2D eigenvalue weighted by Gasteiger charge is -2.44. The maximum atomic E-state index is 11.8. The predicted molar refractivity (Wildman–Crippen MR) is 72.7 cm³/mol. The molecule has 96 valence electrons. The van der Waals surface area contributed by atoms with E-state index >= 15 is 0 Å². The molecule has 2 fully saturated rings. The first-order chi connectivity index (χ1) is 8.11. The van der Waals surface area contributed by atoms with Crippen LogP contribution in [0.3, 0.4) is 0 Å². The van der Waals surface area contributed by atoms with Gasteiger partial charge in [-0.1, -0.05) is 31.5 Å². The van der Waals surface area contributed by atoms with Crippen LogP contribution in [0.1, 0.15) is 51.4 Å². The highest BCUT2D eigenvalue weighted by Crippen LogP contribution is 2.44. The molecule has 0 aromatic carbocycles. The minimum absolute atomic E-state index is 0.114. The Morgan fingerprint density at radius 2 is 1.71 bits per heavy atom. The van der Waals surface area contributed by atoms with Crippen molar-refractivity contribution in [3.05, 3.63) is 0 Å². The van der Waals surface area contributed by atoms with Gasteiger partial charge in [-0.3, -0.25) is 4.79 Å². The van der Waals surface area contributed by atoms with Crippen LogP contribution in [0, 0.1) is 5.41 Å². The predicted octanol–water partition coefficient (Wildman–Crippen LogP) is 2.24. The molecule has 1 aliphatic heterocycles. The summed E-state index contributed by atoms with van der Waals surface area (Å²) in [6.45, 7) is 1.81. The van der Waals surface area contributed by atoms with Gasteiger partial charge in [0.05, 0.1) is 11.4 Å². The topological polar surface area (TPSA) is 46.3 Å². The van der Waals surface area contributed by atoms with Crippen LogP contribution in [-0.2, 0) is 4.79 Å². The van der Waals surface area contributed by atoms with Crippen LogP contribution in [-0.4, -0.2) is 28.9 Å². The van der Waals surface area contributed by atoms with Gasteiger partial charge in [0.15, 0.2) is 0 Å². The number of piperidine rings is 1. The molecule has 3 nitrogen and oxygen atoms in total. The first-order valence-electron chi connectivity index (χ1n) is 6.67. The number of hydrogen-bond donors (Lipinski definition) is 1. The lowest BCUT2D eigenvalue weighted by molar-refractivity contribution is -0.132. The van der Waals surface area contributed by atoms with E-state index in [1.807, 2.05) is 4.90 Å². The van der Waals surface area contributed by atoms with Crippen molar-refractivity contribution in [1.29, 1.82) is 0 Å². The molecule has 1 spiro atoms. The third-order valence-electron chi connectivity index (χ3n) is 4.42. The van der Waals surface area contributed by atoms with Crippen molar-refractivity contribution in [2.75, 3.05) is 13.1 Å². The van der Waals surface area contributed by atoms with Crippen LogP contribution in [0.25, 0.3) is 0 Å². The molecule has 17 heavy (non-hydrogen) atoms. The minimum Gasteiger partial charge on any atom is -0.393 e. The molecule has 0 aromatic rings.